The van der Waals surface area contributed by atoms with Gasteiger partial charge < -0.3 is 10.7 Å². The van der Waals surface area contributed by atoms with Crippen molar-refractivity contribution in [3.8, 4) is 11.1 Å². The lowest BCUT2D eigenvalue weighted by molar-refractivity contribution is 0.1000. The number of aldehydes is 1. The Kier molecular flexibility index (Phi) is 2.84. The molecule has 1 amide bonds. The van der Waals surface area contributed by atoms with Crippen LogP contribution < -0.4 is 5.73 Å². The Morgan fingerprint density at radius 2 is 1.85 bits per heavy atom. The van der Waals surface area contributed by atoms with Crippen LogP contribution in [-0.4, -0.2) is 17.2 Å². The molecule has 0 spiro atoms. The second-order valence-electron chi connectivity index (χ2n) is 4.53. The summed E-state index contributed by atoms with van der Waals surface area (Å²) in [5, 5.41) is 0.884. The lowest BCUT2D eigenvalue weighted by Gasteiger charge is -2.05. The zero-order valence-electron chi connectivity index (χ0n) is 10.6. The number of fused-ring (bicyclic) bond motifs is 1. The van der Waals surface area contributed by atoms with Crippen molar-refractivity contribution in [2.45, 2.75) is 0 Å². The highest BCUT2D eigenvalue weighted by Gasteiger charge is 2.10. The average molecular weight is 264 g/mol. The highest BCUT2D eigenvalue weighted by molar-refractivity contribution is 6.06. The van der Waals surface area contributed by atoms with Crippen LogP contribution in [0.25, 0.3) is 22.0 Å². The molecule has 20 heavy (non-hydrogen) atoms. The van der Waals surface area contributed by atoms with Gasteiger partial charge in [-0.1, -0.05) is 24.3 Å². The van der Waals surface area contributed by atoms with Crippen LogP contribution in [0.5, 0.6) is 0 Å². The van der Waals surface area contributed by atoms with E-state index in [1.807, 2.05) is 30.3 Å². The Labute approximate surface area is 115 Å². The van der Waals surface area contributed by atoms with Crippen molar-refractivity contribution in [2.75, 3.05) is 0 Å². The molecule has 1 aromatic heterocycles. The molecule has 0 atom stereocenters. The monoisotopic (exact) mass is 264 g/mol. The van der Waals surface area contributed by atoms with Gasteiger partial charge in [-0.15, -0.1) is 0 Å². The Hall–Kier alpha value is -2.88. The van der Waals surface area contributed by atoms with E-state index >= 15 is 0 Å². The maximum absolute atomic E-state index is 11.1. The minimum absolute atomic E-state index is 0.454. The topological polar surface area (TPSA) is 76.0 Å². The van der Waals surface area contributed by atoms with E-state index in [0.717, 1.165) is 28.3 Å². The van der Waals surface area contributed by atoms with Crippen molar-refractivity contribution in [2.24, 2.45) is 5.73 Å². The van der Waals surface area contributed by atoms with E-state index < -0.39 is 5.91 Å². The molecule has 3 aromatic rings. The Bertz CT molecular complexity index is 801. The lowest BCUT2D eigenvalue weighted by Crippen LogP contribution is -2.10. The van der Waals surface area contributed by atoms with Gasteiger partial charge in [0.2, 0.25) is 5.91 Å². The van der Waals surface area contributed by atoms with Crippen LogP contribution in [0, 0.1) is 0 Å². The van der Waals surface area contributed by atoms with Gasteiger partial charge in [0.1, 0.15) is 0 Å². The number of nitrogens with one attached hydrogen (secondary N) is 1. The fourth-order valence-corrected chi connectivity index (χ4v) is 2.36. The fraction of sp³-hybridized carbons (Fsp3) is 0. The second-order valence-corrected chi connectivity index (χ2v) is 4.53. The SMILES string of the molecule is NC(=O)c1ccc(-c2cccc3[nH]cc(C=O)c23)cc1. The predicted octanol–water partition coefficient (Wildman–Crippen LogP) is 2.75. The number of aromatic amines is 1. The summed E-state index contributed by atoms with van der Waals surface area (Å²) < 4.78 is 0. The number of nitrogens with two attached hydrogens (primary N) is 1. The van der Waals surface area contributed by atoms with Crippen molar-refractivity contribution in [1.82, 2.24) is 4.98 Å². The van der Waals surface area contributed by atoms with E-state index in [-0.39, 0.29) is 0 Å². The van der Waals surface area contributed by atoms with Gasteiger partial charge in [-0.2, -0.15) is 0 Å². The summed E-state index contributed by atoms with van der Waals surface area (Å²) in [5.74, 6) is -0.454. The Balaban J connectivity index is 2.21. The van der Waals surface area contributed by atoms with Crippen molar-refractivity contribution >= 4 is 23.1 Å². The van der Waals surface area contributed by atoms with E-state index in [1.165, 1.54) is 0 Å². The van der Waals surface area contributed by atoms with Crippen molar-refractivity contribution in [1.29, 1.82) is 0 Å². The van der Waals surface area contributed by atoms with Gasteiger partial charge in [0, 0.05) is 28.2 Å². The highest BCUT2D eigenvalue weighted by Crippen LogP contribution is 2.30. The molecular formula is C16H12N2O2. The largest absolute Gasteiger partial charge is 0.366 e. The lowest BCUT2D eigenvalue weighted by atomic mass is 9.98. The predicted molar refractivity (Wildman–Crippen MR) is 77.6 cm³/mol. The number of H-pyrrole nitrogens is 1. The van der Waals surface area contributed by atoms with Gasteiger partial charge in [0.05, 0.1) is 0 Å². The Morgan fingerprint density at radius 1 is 1.10 bits per heavy atom. The molecule has 3 N–H and O–H groups in total. The molecule has 0 unspecified atom stereocenters. The molecule has 0 saturated heterocycles. The average Bonchev–Trinajstić information content (AvgIpc) is 2.90. The summed E-state index contributed by atoms with van der Waals surface area (Å²) in [5.41, 5.74) is 9.10. The first-order valence-electron chi connectivity index (χ1n) is 6.16. The van der Waals surface area contributed by atoms with Crippen LogP contribution in [0.3, 0.4) is 0 Å². The number of aromatic nitrogens is 1. The minimum atomic E-state index is -0.454. The van der Waals surface area contributed by atoms with Gasteiger partial charge in [-0.3, -0.25) is 9.59 Å². The van der Waals surface area contributed by atoms with Crippen LogP contribution in [0.2, 0.25) is 0 Å². The molecular weight excluding hydrogens is 252 g/mol. The standard InChI is InChI=1S/C16H12N2O2/c17-16(20)11-6-4-10(5-7-11)13-2-1-3-14-15(13)12(9-19)8-18-14/h1-9,18H,(H2,17,20). The molecule has 0 saturated carbocycles. The molecule has 0 aliphatic carbocycles. The number of hydrogen-bond donors (Lipinski definition) is 2. The second kappa shape index (κ2) is 4.66. The van der Waals surface area contributed by atoms with E-state index in [9.17, 15) is 9.59 Å². The molecule has 4 heteroatoms. The molecule has 2 aromatic carbocycles. The summed E-state index contributed by atoms with van der Waals surface area (Å²) >= 11 is 0. The third-order valence-electron chi connectivity index (χ3n) is 3.34. The first-order chi connectivity index (χ1) is 9.70. The highest BCUT2D eigenvalue weighted by atomic mass is 16.1. The smallest absolute Gasteiger partial charge is 0.248 e. The van der Waals surface area contributed by atoms with Gasteiger partial charge in [0.15, 0.2) is 6.29 Å². The zero-order valence-corrected chi connectivity index (χ0v) is 10.6. The number of carbonyl (C=O) groups excluding carboxylic acids is 2. The molecule has 0 radical (unpaired) electrons. The Morgan fingerprint density at radius 3 is 2.50 bits per heavy atom. The van der Waals surface area contributed by atoms with Gasteiger partial charge in [-0.05, 0) is 29.3 Å². The summed E-state index contributed by atoms with van der Waals surface area (Å²) in [6.07, 6.45) is 2.53. The van der Waals surface area contributed by atoms with E-state index in [0.29, 0.717) is 11.1 Å². The fourth-order valence-electron chi connectivity index (χ4n) is 2.36. The van der Waals surface area contributed by atoms with E-state index in [2.05, 4.69) is 4.98 Å². The molecule has 0 bridgehead atoms. The number of hydrogen-bond acceptors (Lipinski definition) is 2. The normalized spacial score (nSPS) is 10.6. The van der Waals surface area contributed by atoms with Crippen molar-refractivity contribution in [3.05, 3.63) is 59.8 Å². The van der Waals surface area contributed by atoms with Crippen LogP contribution >= 0.6 is 0 Å². The summed E-state index contributed by atoms with van der Waals surface area (Å²) in [6, 6.07) is 12.8. The number of carbonyl (C=O) groups is 2. The third-order valence-corrected chi connectivity index (χ3v) is 3.34. The molecule has 1 heterocycles. The van der Waals surface area contributed by atoms with Crippen LogP contribution in [0.1, 0.15) is 20.7 Å². The van der Waals surface area contributed by atoms with Gasteiger partial charge in [-0.25, -0.2) is 0 Å². The third kappa shape index (κ3) is 1.87. The van der Waals surface area contributed by atoms with Crippen molar-refractivity contribution in [3.63, 3.8) is 0 Å². The number of rotatable bonds is 3. The number of benzene rings is 2. The molecule has 98 valence electrons. The first kappa shape index (κ1) is 12.2. The van der Waals surface area contributed by atoms with E-state index in [1.54, 1.807) is 18.3 Å². The maximum atomic E-state index is 11.1. The molecule has 0 aliphatic heterocycles. The number of amides is 1. The van der Waals surface area contributed by atoms with Crippen LogP contribution in [-0.2, 0) is 0 Å². The molecule has 4 nitrogen and oxygen atoms in total. The summed E-state index contributed by atoms with van der Waals surface area (Å²) in [7, 11) is 0. The molecule has 0 fully saturated rings. The summed E-state index contributed by atoms with van der Waals surface area (Å²) in [4.78, 5) is 25.3. The summed E-state index contributed by atoms with van der Waals surface area (Å²) in [6.45, 7) is 0. The molecule has 3 rings (SSSR count). The zero-order chi connectivity index (χ0) is 14.1. The first-order valence-corrected chi connectivity index (χ1v) is 6.16. The van der Waals surface area contributed by atoms with Gasteiger partial charge in [0.25, 0.3) is 0 Å². The minimum Gasteiger partial charge on any atom is -0.366 e. The van der Waals surface area contributed by atoms with Gasteiger partial charge >= 0.3 is 0 Å². The maximum Gasteiger partial charge on any atom is 0.248 e. The van der Waals surface area contributed by atoms with Crippen LogP contribution in [0.4, 0.5) is 0 Å². The molecule has 0 aliphatic rings. The van der Waals surface area contributed by atoms with E-state index in [4.69, 9.17) is 5.73 Å². The number of primary amides is 1. The van der Waals surface area contributed by atoms with Crippen LogP contribution in [0.15, 0.2) is 48.7 Å². The van der Waals surface area contributed by atoms with Crippen molar-refractivity contribution < 1.29 is 9.59 Å². The quantitative estimate of drug-likeness (QED) is 0.714.